The van der Waals surface area contributed by atoms with Gasteiger partial charge in [-0.15, -0.1) is 0 Å². The minimum Gasteiger partial charge on any atom is -0.466 e. The lowest BCUT2D eigenvalue weighted by atomic mass is 9.71. The van der Waals surface area contributed by atoms with Crippen molar-refractivity contribution in [2.45, 2.75) is 38.0 Å². The van der Waals surface area contributed by atoms with Crippen LogP contribution >= 0.6 is 0 Å². The molecule has 0 saturated carbocycles. The van der Waals surface area contributed by atoms with E-state index in [0.717, 1.165) is 31.5 Å². The van der Waals surface area contributed by atoms with Crippen molar-refractivity contribution in [1.29, 1.82) is 0 Å². The van der Waals surface area contributed by atoms with Crippen LogP contribution in [0.1, 0.15) is 38.2 Å². The lowest BCUT2D eigenvalue weighted by Gasteiger charge is -2.42. The molecule has 0 bridgehead atoms. The number of hydrogen-bond donors (Lipinski definition) is 1. The first-order chi connectivity index (χ1) is 12.2. The van der Waals surface area contributed by atoms with Gasteiger partial charge in [0.15, 0.2) is 0 Å². The number of carbonyl (C=O) groups excluding carboxylic acids is 2. The largest absolute Gasteiger partial charge is 0.466 e. The summed E-state index contributed by atoms with van der Waals surface area (Å²) < 4.78 is 5.13. The van der Waals surface area contributed by atoms with Crippen molar-refractivity contribution in [3.8, 4) is 0 Å². The van der Waals surface area contributed by atoms with Gasteiger partial charge in [-0.2, -0.15) is 0 Å². The number of piperidine rings is 2. The van der Waals surface area contributed by atoms with E-state index >= 15 is 0 Å². The van der Waals surface area contributed by atoms with Gasteiger partial charge in [0, 0.05) is 13.1 Å². The van der Waals surface area contributed by atoms with Crippen LogP contribution in [0.2, 0.25) is 0 Å². The molecule has 3 rings (SSSR count). The summed E-state index contributed by atoms with van der Waals surface area (Å²) in [5, 5.41) is 3.37. The van der Waals surface area contributed by atoms with Gasteiger partial charge in [0.25, 0.3) is 0 Å². The maximum atomic E-state index is 13.5. The number of carbonyl (C=O) groups is 2. The summed E-state index contributed by atoms with van der Waals surface area (Å²) in [5.41, 5.74) is 0.692. The van der Waals surface area contributed by atoms with Gasteiger partial charge >= 0.3 is 5.97 Å². The molecule has 136 valence electrons. The number of hydrogen-bond acceptors (Lipinski definition) is 4. The van der Waals surface area contributed by atoms with Gasteiger partial charge in [-0.1, -0.05) is 30.3 Å². The predicted molar refractivity (Wildman–Crippen MR) is 96.2 cm³/mol. The molecule has 2 saturated heterocycles. The Morgan fingerprint density at radius 3 is 2.40 bits per heavy atom. The lowest BCUT2D eigenvalue weighted by Crippen LogP contribution is -2.54. The molecule has 2 aliphatic rings. The highest BCUT2D eigenvalue weighted by Crippen LogP contribution is 2.36. The highest BCUT2D eigenvalue weighted by Gasteiger charge is 2.44. The summed E-state index contributed by atoms with van der Waals surface area (Å²) in [6.45, 7) is 5.26. The molecule has 1 aromatic carbocycles. The van der Waals surface area contributed by atoms with Crippen molar-refractivity contribution < 1.29 is 14.3 Å². The predicted octanol–water partition coefficient (Wildman–Crippen LogP) is 2.11. The van der Waals surface area contributed by atoms with E-state index < -0.39 is 5.41 Å². The fraction of sp³-hybridized carbons (Fsp3) is 0.600. The van der Waals surface area contributed by atoms with E-state index in [-0.39, 0.29) is 17.8 Å². The third-order valence-corrected chi connectivity index (χ3v) is 5.59. The standard InChI is InChI=1S/C20H28N2O3/c1-2-25-18(23)16-8-14-22(15-9-16)19(24)20(10-12-21-13-11-20)17-6-4-3-5-7-17/h3-7,16,21H,2,8-15H2,1H3. The van der Waals surface area contributed by atoms with Crippen molar-refractivity contribution in [2.75, 3.05) is 32.8 Å². The summed E-state index contributed by atoms with van der Waals surface area (Å²) in [6, 6.07) is 10.2. The van der Waals surface area contributed by atoms with Crippen LogP contribution in [-0.4, -0.2) is 49.6 Å². The zero-order chi connectivity index (χ0) is 17.7. The highest BCUT2D eigenvalue weighted by molar-refractivity contribution is 5.89. The number of amides is 1. The normalized spacial score (nSPS) is 20.9. The topological polar surface area (TPSA) is 58.6 Å². The molecule has 1 N–H and O–H groups in total. The number of rotatable bonds is 4. The molecule has 1 aromatic rings. The van der Waals surface area contributed by atoms with Crippen molar-refractivity contribution in [3.63, 3.8) is 0 Å². The Labute approximate surface area is 149 Å². The zero-order valence-corrected chi connectivity index (χ0v) is 15.0. The van der Waals surface area contributed by atoms with Crippen molar-refractivity contribution in [2.24, 2.45) is 5.92 Å². The molecule has 0 unspecified atom stereocenters. The van der Waals surface area contributed by atoms with Crippen LogP contribution in [0.3, 0.4) is 0 Å². The monoisotopic (exact) mass is 344 g/mol. The molecule has 0 aromatic heterocycles. The Hall–Kier alpha value is -1.88. The maximum Gasteiger partial charge on any atom is 0.309 e. The molecule has 2 aliphatic heterocycles. The van der Waals surface area contributed by atoms with Crippen LogP contribution in [0.5, 0.6) is 0 Å². The smallest absolute Gasteiger partial charge is 0.309 e. The average molecular weight is 344 g/mol. The Bertz CT molecular complexity index is 588. The molecule has 0 aliphatic carbocycles. The summed E-state index contributed by atoms with van der Waals surface area (Å²) in [6.07, 6.45) is 3.06. The molecule has 0 radical (unpaired) electrons. The second-order valence-corrected chi connectivity index (χ2v) is 7.02. The number of likely N-dealkylation sites (tertiary alicyclic amines) is 1. The number of esters is 1. The number of benzene rings is 1. The Balaban J connectivity index is 1.73. The Morgan fingerprint density at radius 1 is 1.16 bits per heavy atom. The first kappa shape index (κ1) is 17.9. The summed E-state index contributed by atoms with van der Waals surface area (Å²) >= 11 is 0. The van der Waals surface area contributed by atoms with Gasteiger partial charge in [0.05, 0.1) is 17.9 Å². The summed E-state index contributed by atoms with van der Waals surface area (Å²) in [4.78, 5) is 27.4. The molecule has 2 fully saturated rings. The average Bonchev–Trinajstić information content (AvgIpc) is 2.69. The number of nitrogens with zero attached hydrogens (tertiary/aromatic N) is 1. The fourth-order valence-corrected chi connectivity index (χ4v) is 4.12. The first-order valence-electron chi connectivity index (χ1n) is 9.39. The maximum absolute atomic E-state index is 13.5. The van der Waals surface area contributed by atoms with Gasteiger partial charge in [-0.05, 0) is 51.3 Å². The van der Waals surface area contributed by atoms with Gasteiger partial charge in [0.1, 0.15) is 0 Å². The fourth-order valence-electron chi connectivity index (χ4n) is 4.12. The van der Waals surface area contributed by atoms with E-state index in [0.29, 0.717) is 32.5 Å². The SMILES string of the molecule is CCOC(=O)C1CCN(C(=O)C2(c3ccccc3)CCNCC2)CC1. The molecular formula is C20H28N2O3. The minimum absolute atomic E-state index is 0.0651. The molecule has 5 nitrogen and oxygen atoms in total. The van der Waals surface area contributed by atoms with E-state index in [9.17, 15) is 9.59 Å². The Morgan fingerprint density at radius 2 is 1.80 bits per heavy atom. The van der Waals surface area contributed by atoms with Crippen LogP contribution in [-0.2, 0) is 19.7 Å². The molecule has 2 heterocycles. The lowest BCUT2D eigenvalue weighted by molar-refractivity contribution is -0.152. The van der Waals surface area contributed by atoms with Crippen molar-refractivity contribution in [1.82, 2.24) is 10.2 Å². The van der Waals surface area contributed by atoms with Gasteiger partial charge in [-0.25, -0.2) is 0 Å². The van der Waals surface area contributed by atoms with E-state index in [1.54, 1.807) is 0 Å². The highest BCUT2D eigenvalue weighted by atomic mass is 16.5. The molecule has 25 heavy (non-hydrogen) atoms. The van der Waals surface area contributed by atoms with E-state index in [4.69, 9.17) is 4.74 Å². The van der Waals surface area contributed by atoms with Crippen LogP contribution < -0.4 is 5.32 Å². The third kappa shape index (κ3) is 3.71. The zero-order valence-electron chi connectivity index (χ0n) is 15.0. The van der Waals surface area contributed by atoms with Crippen LogP contribution in [0, 0.1) is 5.92 Å². The molecule has 0 spiro atoms. The van der Waals surface area contributed by atoms with Crippen LogP contribution in [0.15, 0.2) is 30.3 Å². The summed E-state index contributed by atoms with van der Waals surface area (Å²) in [7, 11) is 0. The first-order valence-corrected chi connectivity index (χ1v) is 9.39. The van der Waals surface area contributed by atoms with E-state index in [1.807, 2.05) is 30.0 Å². The van der Waals surface area contributed by atoms with Crippen LogP contribution in [0.25, 0.3) is 0 Å². The van der Waals surface area contributed by atoms with Crippen molar-refractivity contribution in [3.05, 3.63) is 35.9 Å². The van der Waals surface area contributed by atoms with E-state index in [2.05, 4.69) is 17.4 Å². The molecular weight excluding hydrogens is 316 g/mol. The van der Waals surface area contributed by atoms with Crippen molar-refractivity contribution >= 4 is 11.9 Å². The summed E-state index contributed by atoms with van der Waals surface area (Å²) in [5.74, 6) is 0.0430. The van der Waals surface area contributed by atoms with Crippen LogP contribution in [0.4, 0.5) is 0 Å². The van der Waals surface area contributed by atoms with Gasteiger partial charge in [0.2, 0.25) is 5.91 Å². The quantitative estimate of drug-likeness (QED) is 0.850. The second kappa shape index (κ2) is 8.00. The van der Waals surface area contributed by atoms with Gasteiger partial charge in [-0.3, -0.25) is 9.59 Å². The Kier molecular flexibility index (Phi) is 5.74. The van der Waals surface area contributed by atoms with E-state index in [1.165, 1.54) is 0 Å². The molecule has 0 atom stereocenters. The number of nitrogens with one attached hydrogen (secondary N) is 1. The third-order valence-electron chi connectivity index (χ3n) is 5.59. The second-order valence-electron chi connectivity index (χ2n) is 7.02. The minimum atomic E-state index is -0.427. The molecule has 1 amide bonds. The molecule has 5 heteroatoms. The number of ether oxygens (including phenoxy) is 1. The van der Waals surface area contributed by atoms with Gasteiger partial charge < -0.3 is 15.0 Å².